The monoisotopic (exact) mass is 782 g/mol. The van der Waals surface area contributed by atoms with Crippen molar-refractivity contribution >= 4 is 49.8 Å². The minimum absolute atomic E-state index is 0.0382. The highest BCUT2D eigenvalue weighted by Crippen LogP contribution is 2.46. The van der Waals surface area contributed by atoms with Crippen LogP contribution in [0.3, 0.4) is 0 Å². The molecular formula is C58H39NO. The van der Waals surface area contributed by atoms with E-state index >= 15 is 0 Å². The zero-order valence-electron chi connectivity index (χ0n) is 48.6. The van der Waals surface area contributed by atoms with Crippen molar-refractivity contribution in [2.75, 3.05) is 4.90 Å². The number of hydrogen-bond acceptors (Lipinski definition) is 2. The van der Waals surface area contributed by atoms with E-state index < -0.39 is 136 Å². The first-order chi connectivity index (χ1) is 36.8. The second-order valence-corrected chi connectivity index (χ2v) is 13.9. The Hall–Kier alpha value is -7.94. The maximum Gasteiger partial charge on any atom is 0.143 e. The first-order valence-electron chi connectivity index (χ1n) is 27.6. The van der Waals surface area contributed by atoms with Crippen molar-refractivity contribution in [1.29, 1.82) is 0 Å². The van der Waals surface area contributed by atoms with Crippen LogP contribution in [0.2, 0.25) is 0 Å². The van der Waals surface area contributed by atoms with Gasteiger partial charge in [0.1, 0.15) is 11.2 Å². The van der Waals surface area contributed by atoms with Crippen molar-refractivity contribution in [3.05, 3.63) is 236 Å². The summed E-state index contributed by atoms with van der Waals surface area (Å²) < 4.78 is 162. The summed E-state index contributed by atoms with van der Waals surface area (Å²) in [7, 11) is 0. The fraction of sp³-hybridized carbons (Fsp3) is 0. The Bertz CT molecular complexity index is 4190. The molecule has 0 spiro atoms. The molecule has 11 rings (SSSR count). The summed E-state index contributed by atoms with van der Waals surface area (Å²) >= 11 is 0. The number of anilines is 3. The van der Waals surface area contributed by atoms with Crippen LogP contribution in [0.15, 0.2) is 241 Å². The summed E-state index contributed by atoms with van der Waals surface area (Å²) in [5.74, 6) is 0. The van der Waals surface area contributed by atoms with Crippen LogP contribution in [0.5, 0.6) is 0 Å². The second-order valence-electron chi connectivity index (χ2n) is 13.9. The SMILES string of the molecule is [2H]c1c([2H])c([2H])c(-c2c([2H])c([2H])c(-c3c([2H])c([2H])c(N(c4ccccc4-c4cccc5oc6c7ccccc7ccc6c45)c4c([2H])c([2H])c(-c5ccc(-c6ccccc6)cc5)c([2H])c4[2H])c([2H])c3[2H])c([2H])c2[2H])c([2H])c1[2H]. The molecule has 2 nitrogen and oxygen atoms in total. The Morgan fingerprint density at radius 3 is 1.55 bits per heavy atom. The molecule has 0 bridgehead atoms. The molecular weight excluding hydrogens is 727 g/mol. The highest BCUT2D eigenvalue weighted by atomic mass is 16.3. The second kappa shape index (κ2) is 15.1. The van der Waals surface area contributed by atoms with E-state index in [-0.39, 0.29) is 11.3 Å². The van der Waals surface area contributed by atoms with Gasteiger partial charge >= 0.3 is 0 Å². The summed E-state index contributed by atoms with van der Waals surface area (Å²) in [6.07, 6.45) is 0. The van der Waals surface area contributed by atoms with E-state index in [9.17, 15) is 13.7 Å². The molecule has 0 aliphatic rings. The number of fused-ring (bicyclic) bond motifs is 5. The van der Waals surface area contributed by atoms with Gasteiger partial charge in [-0.2, -0.15) is 0 Å². The van der Waals surface area contributed by atoms with Gasteiger partial charge in [-0.15, -0.1) is 0 Å². The molecule has 0 saturated heterocycles. The standard InChI is InChI=1S/C58H39NO/c1-3-12-40(13-4-1)42-22-26-44(27-23-42)46-30-35-49(36-31-46)59(50-37-32-47(33-38-50)45-28-24-43(25-29-45)41-14-5-2-6-15-41)55-20-10-9-18-52(55)53-19-11-21-56-57(53)54-39-34-48-16-7-8-17-51(48)58(54)60-56/h1-39H/i1D,3D,4D,12D,13D,22D,23D,26D,27D,30D,31D,32D,33D,35D,36D,37D,38D. The molecule has 60 heavy (non-hydrogen) atoms. The Balaban J connectivity index is 1.18. The summed E-state index contributed by atoms with van der Waals surface area (Å²) in [5.41, 5.74) is 0.728. The summed E-state index contributed by atoms with van der Waals surface area (Å²) in [5, 5.41) is 3.21. The molecule has 282 valence electrons. The number of rotatable bonds is 8. The topological polar surface area (TPSA) is 16.4 Å². The first-order valence-corrected chi connectivity index (χ1v) is 19.1. The fourth-order valence-corrected chi connectivity index (χ4v) is 7.53. The van der Waals surface area contributed by atoms with E-state index in [2.05, 4.69) is 0 Å². The van der Waals surface area contributed by atoms with Crippen molar-refractivity contribution in [2.45, 2.75) is 0 Å². The Labute approximate surface area is 373 Å². The first kappa shape index (κ1) is 21.7. The van der Waals surface area contributed by atoms with Gasteiger partial charge in [-0.25, -0.2) is 0 Å². The van der Waals surface area contributed by atoms with E-state index in [1.54, 1.807) is 42.5 Å². The van der Waals surface area contributed by atoms with E-state index in [1.807, 2.05) is 91.0 Å². The molecule has 0 amide bonds. The third kappa shape index (κ3) is 6.41. The third-order valence-electron chi connectivity index (χ3n) is 10.4. The van der Waals surface area contributed by atoms with Gasteiger partial charge in [0, 0.05) is 33.1 Å². The number of nitrogens with zero attached hydrogens (tertiary/aromatic N) is 1. The molecule has 10 aromatic carbocycles. The number of para-hydroxylation sites is 1. The predicted molar refractivity (Wildman–Crippen MR) is 253 cm³/mol. The molecule has 0 fully saturated rings. The van der Waals surface area contributed by atoms with Gasteiger partial charge in [0.05, 0.1) is 29.0 Å². The summed E-state index contributed by atoms with van der Waals surface area (Å²) in [4.78, 5) is 1.16. The van der Waals surface area contributed by atoms with E-state index in [1.165, 1.54) is 0 Å². The highest BCUT2D eigenvalue weighted by Gasteiger charge is 2.21. The molecule has 0 radical (unpaired) electrons. The van der Waals surface area contributed by atoms with Gasteiger partial charge in [-0.05, 0) is 97.8 Å². The molecule has 0 aliphatic carbocycles. The van der Waals surface area contributed by atoms with Crippen molar-refractivity contribution in [3.63, 3.8) is 0 Å². The summed E-state index contributed by atoms with van der Waals surface area (Å²) in [6, 6.07) is 27.5. The fourth-order valence-electron chi connectivity index (χ4n) is 7.53. The number of hydrogen-bond donors (Lipinski definition) is 0. The van der Waals surface area contributed by atoms with E-state index in [0.29, 0.717) is 33.2 Å². The van der Waals surface area contributed by atoms with E-state index in [0.717, 1.165) is 32.2 Å². The average Bonchev–Trinajstić information content (AvgIpc) is 3.93. The summed E-state index contributed by atoms with van der Waals surface area (Å²) in [6.45, 7) is 0. The molecule has 1 aromatic heterocycles. The van der Waals surface area contributed by atoms with Gasteiger partial charge in [0.25, 0.3) is 0 Å². The normalized spacial score (nSPS) is 15.3. The lowest BCUT2D eigenvalue weighted by Gasteiger charge is -2.28. The Kier molecular flexibility index (Phi) is 5.46. The van der Waals surface area contributed by atoms with Gasteiger partial charge in [-0.1, -0.05) is 194 Å². The molecule has 0 N–H and O–H groups in total. The van der Waals surface area contributed by atoms with Crippen LogP contribution in [0.4, 0.5) is 17.1 Å². The number of furan rings is 1. The molecule has 2 heteroatoms. The van der Waals surface area contributed by atoms with Crippen LogP contribution < -0.4 is 4.90 Å². The lowest BCUT2D eigenvalue weighted by Crippen LogP contribution is -2.11. The maximum absolute atomic E-state index is 9.79. The van der Waals surface area contributed by atoms with E-state index in [4.69, 9.17) is 14.0 Å². The number of benzene rings is 10. The van der Waals surface area contributed by atoms with Crippen LogP contribution in [0, 0.1) is 0 Å². The quantitative estimate of drug-likeness (QED) is 0.153. The minimum atomic E-state index is -0.885. The van der Waals surface area contributed by atoms with Crippen molar-refractivity contribution < 1.29 is 27.7 Å². The largest absolute Gasteiger partial charge is 0.455 e. The lowest BCUT2D eigenvalue weighted by molar-refractivity contribution is 0.673. The van der Waals surface area contributed by atoms with Crippen LogP contribution in [-0.4, -0.2) is 0 Å². The molecule has 0 atom stereocenters. The van der Waals surface area contributed by atoms with Gasteiger partial charge in [0.15, 0.2) is 0 Å². The molecule has 11 aromatic rings. The lowest BCUT2D eigenvalue weighted by atomic mass is 9.95. The zero-order chi connectivity index (χ0) is 54.6. The Morgan fingerprint density at radius 2 is 0.867 bits per heavy atom. The van der Waals surface area contributed by atoms with Crippen LogP contribution in [0.1, 0.15) is 23.3 Å². The van der Waals surface area contributed by atoms with Crippen molar-refractivity contribution in [2.24, 2.45) is 0 Å². The molecule has 0 aliphatic heterocycles. The smallest absolute Gasteiger partial charge is 0.143 e. The van der Waals surface area contributed by atoms with Crippen LogP contribution in [0.25, 0.3) is 88.3 Å². The minimum Gasteiger partial charge on any atom is -0.455 e. The van der Waals surface area contributed by atoms with Gasteiger partial charge < -0.3 is 9.32 Å². The highest BCUT2D eigenvalue weighted by molar-refractivity contribution is 6.19. The average molecular weight is 783 g/mol. The molecule has 0 unspecified atom stereocenters. The van der Waals surface area contributed by atoms with Gasteiger partial charge in [-0.3, -0.25) is 0 Å². The zero-order valence-corrected chi connectivity index (χ0v) is 31.6. The van der Waals surface area contributed by atoms with Crippen LogP contribution >= 0.6 is 0 Å². The third-order valence-corrected chi connectivity index (χ3v) is 10.4. The van der Waals surface area contributed by atoms with Gasteiger partial charge in [0.2, 0.25) is 0 Å². The Morgan fingerprint density at radius 1 is 0.350 bits per heavy atom. The predicted octanol–water partition coefficient (Wildman–Crippen LogP) is 16.5. The molecule has 0 saturated carbocycles. The van der Waals surface area contributed by atoms with Crippen molar-refractivity contribution in [1.82, 2.24) is 0 Å². The maximum atomic E-state index is 9.79. The molecule has 1 heterocycles. The van der Waals surface area contributed by atoms with Crippen LogP contribution in [-0.2, 0) is 0 Å². The van der Waals surface area contributed by atoms with Crippen molar-refractivity contribution in [3.8, 4) is 55.6 Å².